The van der Waals surface area contributed by atoms with Crippen molar-refractivity contribution in [2.45, 2.75) is 81.8 Å². The van der Waals surface area contributed by atoms with Crippen molar-refractivity contribution in [3.8, 4) is 6.07 Å². The van der Waals surface area contributed by atoms with E-state index in [2.05, 4.69) is 4.90 Å². The Morgan fingerprint density at radius 3 is 2.02 bits per heavy atom. The zero-order valence-corrected chi connectivity index (χ0v) is 25.0. The van der Waals surface area contributed by atoms with E-state index in [0.717, 1.165) is 36.6 Å². The van der Waals surface area contributed by atoms with E-state index in [1.54, 1.807) is 13.8 Å². The summed E-state index contributed by atoms with van der Waals surface area (Å²) < 4.78 is 109. The highest BCUT2D eigenvalue weighted by Crippen LogP contribution is 2.55. The summed E-state index contributed by atoms with van der Waals surface area (Å²) in [5.74, 6) is -6.82. The Labute approximate surface area is 254 Å². The van der Waals surface area contributed by atoms with E-state index in [0.29, 0.717) is 31.5 Å². The molecule has 244 valence electrons. The molecular formula is C29H33F8N3O3S. The predicted octanol–water partition coefficient (Wildman–Crippen LogP) is 6.82. The average Bonchev–Trinajstić information content (AvgIpc) is 3.28. The molecule has 1 aromatic rings. The van der Waals surface area contributed by atoms with Crippen LogP contribution in [-0.2, 0) is 20.5 Å². The second-order valence-corrected chi connectivity index (χ2v) is 13.3. The molecule has 3 heterocycles. The van der Waals surface area contributed by atoms with Gasteiger partial charge < -0.3 is 4.74 Å². The van der Waals surface area contributed by atoms with Gasteiger partial charge in [-0.2, -0.15) is 52.1 Å². The number of amides is 2. The van der Waals surface area contributed by atoms with Crippen LogP contribution in [0.3, 0.4) is 0 Å². The van der Waals surface area contributed by atoms with Crippen molar-refractivity contribution in [2.75, 3.05) is 36.0 Å². The summed E-state index contributed by atoms with van der Waals surface area (Å²) in [7, 11) is 0. The van der Waals surface area contributed by atoms with Crippen LogP contribution in [0.4, 0.5) is 40.8 Å². The van der Waals surface area contributed by atoms with Gasteiger partial charge in [0.05, 0.1) is 45.9 Å². The lowest BCUT2D eigenvalue weighted by molar-refractivity contribution is -0.284. The zero-order chi connectivity index (χ0) is 32.7. The SMILES string of the molecule is C[C@]12CN(CCCCCCSCCCC(F)(F)C(F)(F)F)C[C@](C)(O1)[C@H]1C(=O)N(c3ccc(C#N)c(C(F)(F)F)c3)C(=O)[C@H]12. The van der Waals surface area contributed by atoms with Crippen LogP contribution in [0.5, 0.6) is 0 Å². The molecule has 15 heteroatoms. The lowest BCUT2D eigenvalue weighted by Gasteiger charge is -2.45. The van der Waals surface area contributed by atoms with Gasteiger partial charge in [0.1, 0.15) is 0 Å². The van der Waals surface area contributed by atoms with Gasteiger partial charge in [-0.3, -0.25) is 14.5 Å². The normalized spacial score (nSPS) is 27.6. The Morgan fingerprint density at radius 2 is 1.48 bits per heavy atom. The summed E-state index contributed by atoms with van der Waals surface area (Å²) in [6.07, 6.45) is -8.54. The first-order valence-corrected chi connectivity index (χ1v) is 15.4. The standard InChI is InChI=1S/C29H33F8N3O3S/c1-25-16-39(11-5-3-4-6-12-44-13-7-10-27(30,31)29(35,36)37)17-26(2,43-25)22-21(25)23(41)40(24(22)42)19-9-8-18(15-38)20(14-19)28(32,33)34/h8-9,14,21-22H,3-7,10-13,16-17H2,1-2H3/t21-,22+,25+,26-. The molecule has 3 saturated heterocycles. The molecular weight excluding hydrogens is 622 g/mol. The van der Waals surface area contributed by atoms with Crippen LogP contribution in [0.1, 0.15) is 63.5 Å². The third-order valence-corrected chi connectivity index (χ3v) is 9.71. The number of anilines is 1. The maximum atomic E-state index is 13.6. The highest BCUT2D eigenvalue weighted by atomic mass is 32.2. The summed E-state index contributed by atoms with van der Waals surface area (Å²) in [6, 6.07) is 4.27. The number of imide groups is 1. The Kier molecular flexibility index (Phi) is 9.70. The van der Waals surface area contributed by atoms with E-state index >= 15 is 0 Å². The summed E-state index contributed by atoms with van der Waals surface area (Å²) >= 11 is 1.35. The first-order chi connectivity index (χ1) is 20.3. The largest absolute Gasteiger partial charge is 0.453 e. The van der Waals surface area contributed by atoms with Gasteiger partial charge in [-0.25, -0.2) is 4.90 Å². The molecule has 1 aromatic carbocycles. The summed E-state index contributed by atoms with van der Waals surface area (Å²) in [5, 5.41) is 9.09. The van der Waals surface area contributed by atoms with Crippen molar-refractivity contribution in [1.29, 1.82) is 5.26 Å². The molecule has 2 amide bonds. The summed E-state index contributed by atoms with van der Waals surface area (Å²) in [6.45, 7) is 4.81. The number of halogens is 8. The average molecular weight is 656 g/mol. The number of alkyl halides is 8. The smallest absolute Gasteiger partial charge is 0.365 e. The van der Waals surface area contributed by atoms with E-state index in [-0.39, 0.29) is 17.9 Å². The Hall–Kier alpha value is -2.44. The van der Waals surface area contributed by atoms with Gasteiger partial charge in [-0.15, -0.1) is 0 Å². The maximum absolute atomic E-state index is 13.6. The number of nitriles is 1. The lowest BCUT2D eigenvalue weighted by atomic mass is 9.79. The number of thioether (sulfide) groups is 1. The fourth-order valence-corrected chi connectivity index (χ4v) is 7.67. The molecule has 44 heavy (non-hydrogen) atoms. The molecule has 3 fully saturated rings. The quantitative estimate of drug-likeness (QED) is 0.140. The number of morpholine rings is 1. The van der Waals surface area contributed by atoms with Crippen molar-refractivity contribution in [2.24, 2.45) is 11.8 Å². The molecule has 0 aliphatic carbocycles. The minimum atomic E-state index is -5.52. The van der Waals surface area contributed by atoms with Gasteiger partial charge >= 0.3 is 18.3 Å². The predicted molar refractivity (Wildman–Crippen MR) is 146 cm³/mol. The molecule has 3 aliphatic rings. The zero-order valence-electron chi connectivity index (χ0n) is 24.2. The molecule has 0 unspecified atom stereocenters. The molecule has 0 N–H and O–H groups in total. The number of hydrogen-bond donors (Lipinski definition) is 0. The Bertz CT molecular complexity index is 1260. The van der Waals surface area contributed by atoms with Crippen LogP contribution in [0.15, 0.2) is 18.2 Å². The third-order valence-electron chi connectivity index (χ3n) is 8.56. The van der Waals surface area contributed by atoms with Crippen molar-refractivity contribution in [3.05, 3.63) is 29.3 Å². The van der Waals surface area contributed by atoms with Gasteiger partial charge in [-0.1, -0.05) is 12.8 Å². The van der Waals surface area contributed by atoms with Crippen LogP contribution >= 0.6 is 11.8 Å². The highest BCUT2D eigenvalue weighted by molar-refractivity contribution is 7.99. The second kappa shape index (κ2) is 12.4. The topological polar surface area (TPSA) is 73.6 Å². The molecule has 0 radical (unpaired) electrons. The number of nitrogens with zero attached hydrogens (tertiary/aromatic N) is 3. The number of benzene rings is 1. The highest BCUT2D eigenvalue weighted by Gasteiger charge is 2.71. The monoisotopic (exact) mass is 655 g/mol. The van der Waals surface area contributed by atoms with Crippen molar-refractivity contribution >= 4 is 29.3 Å². The number of hydrogen-bond acceptors (Lipinski definition) is 6. The van der Waals surface area contributed by atoms with Crippen LogP contribution in [0.25, 0.3) is 0 Å². The Balaban J connectivity index is 1.27. The molecule has 4 atom stereocenters. The van der Waals surface area contributed by atoms with Gasteiger partial charge in [0.25, 0.3) is 0 Å². The van der Waals surface area contributed by atoms with Crippen LogP contribution in [0, 0.1) is 23.2 Å². The minimum Gasteiger partial charge on any atom is -0.365 e. The number of unbranched alkanes of at least 4 members (excludes halogenated alkanes) is 3. The molecule has 0 saturated carbocycles. The summed E-state index contributed by atoms with van der Waals surface area (Å²) in [5.41, 5.74) is -4.16. The number of rotatable bonds is 12. The van der Waals surface area contributed by atoms with E-state index in [9.17, 15) is 44.7 Å². The lowest BCUT2D eigenvalue weighted by Crippen LogP contribution is -2.58. The van der Waals surface area contributed by atoms with E-state index in [1.807, 2.05) is 0 Å². The number of fused-ring (bicyclic) bond motifs is 5. The van der Waals surface area contributed by atoms with Crippen LogP contribution in [-0.4, -0.2) is 71.2 Å². The van der Waals surface area contributed by atoms with Crippen molar-refractivity contribution < 1.29 is 49.4 Å². The number of likely N-dealkylation sites (tertiary alicyclic amines) is 1. The Morgan fingerprint density at radius 1 is 0.909 bits per heavy atom. The van der Waals surface area contributed by atoms with E-state index < -0.39 is 70.7 Å². The second-order valence-electron chi connectivity index (χ2n) is 12.1. The first-order valence-electron chi connectivity index (χ1n) is 14.3. The van der Waals surface area contributed by atoms with E-state index in [1.165, 1.54) is 23.9 Å². The molecule has 0 spiro atoms. The summed E-state index contributed by atoms with van der Waals surface area (Å²) in [4.78, 5) is 30.1. The fraction of sp³-hybridized carbons (Fsp3) is 0.690. The van der Waals surface area contributed by atoms with Gasteiger partial charge in [0.2, 0.25) is 11.8 Å². The van der Waals surface area contributed by atoms with Gasteiger partial charge in [-0.05, 0) is 69.4 Å². The molecule has 3 aliphatic heterocycles. The number of carbonyl (C=O) groups is 2. The fourth-order valence-electron chi connectivity index (χ4n) is 6.71. The minimum absolute atomic E-state index is 0.224. The van der Waals surface area contributed by atoms with Crippen LogP contribution in [0.2, 0.25) is 0 Å². The molecule has 0 aromatic heterocycles. The van der Waals surface area contributed by atoms with Crippen LogP contribution < -0.4 is 4.90 Å². The molecule has 4 rings (SSSR count). The number of carbonyl (C=O) groups excluding carboxylic acids is 2. The maximum Gasteiger partial charge on any atom is 0.453 e. The van der Waals surface area contributed by atoms with Gasteiger partial charge in [0, 0.05) is 19.5 Å². The van der Waals surface area contributed by atoms with E-state index in [4.69, 9.17) is 10.00 Å². The third kappa shape index (κ3) is 6.72. The molecule has 2 bridgehead atoms. The molecule has 6 nitrogen and oxygen atoms in total. The van der Waals surface area contributed by atoms with Gasteiger partial charge in [0.15, 0.2) is 0 Å². The van der Waals surface area contributed by atoms with Crippen molar-refractivity contribution in [3.63, 3.8) is 0 Å². The first kappa shape index (κ1) is 34.4. The van der Waals surface area contributed by atoms with Crippen molar-refractivity contribution in [1.82, 2.24) is 4.90 Å². The number of ether oxygens (including phenoxy) is 1.